The van der Waals surface area contributed by atoms with Crippen LogP contribution in [0.2, 0.25) is 0 Å². The van der Waals surface area contributed by atoms with Gasteiger partial charge in [-0.1, -0.05) is 64.8 Å². The molecule has 0 aliphatic rings. The van der Waals surface area contributed by atoms with E-state index in [-0.39, 0.29) is 0 Å². The summed E-state index contributed by atoms with van der Waals surface area (Å²) >= 11 is 0. The van der Waals surface area contributed by atoms with Gasteiger partial charge in [0.2, 0.25) is 0 Å². The summed E-state index contributed by atoms with van der Waals surface area (Å²) in [6.07, 6.45) is 7.42. The van der Waals surface area contributed by atoms with E-state index in [0.717, 1.165) is 11.4 Å². The summed E-state index contributed by atoms with van der Waals surface area (Å²) in [6, 6.07) is 17.6. The highest BCUT2D eigenvalue weighted by Crippen LogP contribution is 2.19. The van der Waals surface area contributed by atoms with Crippen molar-refractivity contribution in [2.75, 3.05) is 5.32 Å². The monoisotopic (exact) mass is 311 g/mol. The Morgan fingerprint density at radius 1 is 0.609 bits per heavy atom. The number of rotatable bonds is 8. The molecule has 0 saturated carbocycles. The topological polar surface area (TPSA) is 12.0 Å². The Labute approximate surface area is 143 Å². The lowest BCUT2D eigenvalue weighted by Gasteiger charge is -2.08. The lowest BCUT2D eigenvalue weighted by Crippen LogP contribution is -1.92. The lowest BCUT2D eigenvalue weighted by atomic mass is 10.1. The Balaban J connectivity index is 0.00000127. The minimum absolute atomic E-state index is 1.16. The van der Waals surface area contributed by atoms with Gasteiger partial charge in [-0.2, -0.15) is 0 Å². The van der Waals surface area contributed by atoms with Crippen molar-refractivity contribution in [3.8, 4) is 0 Å². The van der Waals surface area contributed by atoms with Crippen LogP contribution in [0.3, 0.4) is 0 Å². The van der Waals surface area contributed by atoms with Crippen molar-refractivity contribution in [2.45, 2.75) is 66.2 Å². The molecule has 0 bridgehead atoms. The van der Waals surface area contributed by atoms with Gasteiger partial charge in [-0.05, 0) is 61.1 Å². The minimum atomic E-state index is 1.16. The first kappa shape index (κ1) is 19.3. The highest BCUT2D eigenvalue weighted by molar-refractivity contribution is 5.60. The molecular weight excluding hydrogens is 278 g/mol. The van der Waals surface area contributed by atoms with Gasteiger partial charge in [0.05, 0.1) is 0 Å². The first-order valence-electron chi connectivity index (χ1n) is 9.26. The van der Waals surface area contributed by atoms with Crippen LogP contribution in [0.1, 0.15) is 64.5 Å². The predicted octanol–water partition coefficient (Wildman–Crippen LogP) is 7.14. The maximum atomic E-state index is 3.47. The second kappa shape index (κ2) is 11.8. The number of benzene rings is 2. The Morgan fingerprint density at radius 3 is 1.26 bits per heavy atom. The summed E-state index contributed by atoms with van der Waals surface area (Å²) < 4.78 is 0. The Morgan fingerprint density at radius 2 is 0.957 bits per heavy atom. The molecule has 0 fully saturated rings. The smallest absolute Gasteiger partial charge is 0.0384 e. The second-order valence-corrected chi connectivity index (χ2v) is 5.73. The van der Waals surface area contributed by atoms with Gasteiger partial charge in [0, 0.05) is 11.4 Å². The summed E-state index contributed by atoms with van der Waals surface area (Å²) in [5, 5.41) is 3.47. The molecule has 2 rings (SSSR count). The first-order valence-corrected chi connectivity index (χ1v) is 9.26. The molecule has 1 heteroatoms. The fourth-order valence-corrected chi connectivity index (χ4v) is 2.44. The average molecular weight is 312 g/mol. The third kappa shape index (κ3) is 7.36. The molecule has 126 valence electrons. The summed E-state index contributed by atoms with van der Waals surface area (Å²) in [7, 11) is 0. The molecule has 0 heterocycles. The maximum Gasteiger partial charge on any atom is 0.0384 e. The number of anilines is 2. The number of hydrogen-bond acceptors (Lipinski definition) is 1. The van der Waals surface area contributed by atoms with Gasteiger partial charge in [-0.3, -0.25) is 0 Å². The van der Waals surface area contributed by atoms with Crippen LogP contribution in [-0.2, 0) is 12.8 Å². The Hall–Kier alpha value is -1.76. The molecule has 0 atom stereocenters. The standard InChI is InChI=1S/C20H27N.C2H6/c1-3-5-7-17-9-13-19(14-10-17)21-20-15-11-18(12-16-20)8-6-4-2;1-2/h9-16,21H,3-8H2,1-2H3;1-2H3. The fraction of sp³-hybridized carbons (Fsp3) is 0.455. The maximum absolute atomic E-state index is 3.47. The van der Waals surface area contributed by atoms with Crippen LogP contribution in [-0.4, -0.2) is 0 Å². The van der Waals surface area contributed by atoms with Crippen LogP contribution in [0.25, 0.3) is 0 Å². The Kier molecular flexibility index (Phi) is 9.86. The number of aryl methyl sites for hydroxylation is 2. The highest BCUT2D eigenvalue weighted by atomic mass is 14.9. The van der Waals surface area contributed by atoms with Crippen LogP contribution in [0.4, 0.5) is 11.4 Å². The zero-order valence-corrected chi connectivity index (χ0v) is 15.4. The molecule has 0 amide bonds. The van der Waals surface area contributed by atoms with E-state index in [1.165, 1.54) is 49.7 Å². The van der Waals surface area contributed by atoms with E-state index in [0.29, 0.717) is 0 Å². The summed E-state index contributed by atoms with van der Waals surface area (Å²) in [5.41, 5.74) is 5.18. The van der Waals surface area contributed by atoms with Crippen LogP contribution in [0.5, 0.6) is 0 Å². The molecule has 0 radical (unpaired) electrons. The largest absolute Gasteiger partial charge is 0.356 e. The van der Waals surface area contributed by atoms with Gasteiger partial charge >= 0.3 is 0 Å². The molecule has 2 aromatic rings. The van der Waals surface area contributed by atoms with Crippen molar-refractivity contribution >= 4 is 11.4 Å². The van der Waals surface area contributed by atoms with Crippen molar-refractivity contribution < 1.29 is 0 Å². The van der Waals surface area contributed by atoms with Gasteiger partial charge in [0.25, 0.3) is 0 Å². The zero-order valence-electron chi connectivity index (χ0n) is 15.4. The second-order valence-electron chi connectivity index (χ2n) is 5.73. The van der Waals surface area contributed by atoms with Gasteiger partial charge in [0.15, 0.2) is 0 Å². The van der Waals surface area contributed by atoms with Crippen LogP contribution >= 0.6 is 0 Å². The molecule has 0 aromatic heterocycles. The van der Waals surface area contributed by atoms with Crippen molar-refractivity contribution in [2.24, 2.45) is 0 Å². The molecule has 1 nitrogen and oxygen atoms in total. The van der Waals surface area contributed by atoms with E-state index in [1.807, 2.05) is 13.8 Å². The van der Waals surface area contributed by atoms with Gasteiger partial charge in [-0.15, -0.1) is 0 Å². The fourth-order valence-electron chi connectivity index (χ4n) is 2.44. The van der Waals surface area contributed by atoms with Crippen LogP contribution in [0.15, 0.2) is 48.5 Å². The molecule has 23 heavy (non-hydrogen) atoms. The summed E-state index contributed by atoms with van der Waals surface area (Å²) in [4.78, 5) is 0. The molecule has 0 aliphatic heterocycles. The Bertz CT molecular complexity index is 461. The summed E-state index contributed by atoms with van der Waals surface area (Å²) in [6.45, 7) is 8.47. The summed E-state index contributed by atoms with van der Waals surface area (Å²) in [5.74, 6) is 0. The molecule has 2 aromatic carbocycles. The molecule has 0 saturated heterocycles. The number of hydrogen-bond donors (Lipinski definition) is 1. The molecular formula is C22H33N. The van der Waals surface area contributed by atoms with Crippen molar-refractivity contribution in [1.82, 2.24) is 0 Å². The van der Waals surface area contributed by atoms with E-state index in [2.05, 4.69) is 67.7 Å². The minimum Gasteiger partial charge on any atom is -0.356 e. The van der Waals surface area contributed by atoms with E-state index >= 15 is 0 Å². The van der Waals surface area contributed by atoms with E-state index in [9.17, 15) is 0 Å². The molecule has 0 spiro atoms. The molecule has 0 aliphatic carbocycles. The van der Waals surface area contributed by atoms with Gasteiger partial charge in [-0.25, -0.2) is 0 Å². The average Bonchev–Trinajstić information content (AvgIpc) is 2.62. The normalized spacial score (nSPS) is 9.91. The quantitative estimate of drug-likeness (QED) is 0.546. The third-order valence-corrected chi connectivity index (χ3v) is 3.83. The van der Waals surface area contributed by atoms with E-state index < -0.39 is 0 Å². The lowest BCUT2D eigenvalue weighted by molar-refractivity contribution is 0.795. The first-order chi connectivity index (χ1) is 11.3. The third-order valence-electron chi connectivity index (χ3n) is 3.83. The van der Waals surface area contributed by atoms with Crippen LogP contribution in [0, 0.1) is 0 Å². The van der Waals surface area contributed by atoms with Gasteiger partial charge < -0.3 is 5.32 Å². The highest BCUT2D eigenvalue weighted by Gasteiger charge is 1.97. The predicted molar refractivity (Wildman–Crippen MR) is 105 cm³/mol. The number of unbranched alkanes of at least 4 members (excludes halogenated alkanes) is 2. The van der Waals surface area contributed by atoms with Crippen molar-refractivity contribution in [1.29, 1.82) is 0 Å². The molecule has 0 unspecified atom stereocenters. The molecule has 1 N–H and O–H groups in total. The number of nitrogens with one attached hydrogen (secondary N) is 1. The van der Waals surface area contributed by atoms with E-state index in [1.54, 1.807) is 0 Å². The van der Waals surface area contributed by atoms with E-state index in [4.69, 9.17) is 0 Å². The van der Waals surface area contributed by atoms with Crippen molar-refractivity contribution in [3.63, 3.8) is 0 Å². The SMILES string of the molecule is CC.CCCCc1ccc(Nc2ccc(CCCC)cc2)cc1. The zero-order chi connectivity index (χ0) is 16.9. The van der Waals surface area contributed by atoms with Crippen LogP contribution < -0.4 is 5.32 Å². The van der Waals surface area contributed by atoms with Crippen molar-refractivity contribution in [3.05, 3.63) is 59.7 Å². The van der Waals surface area contributed by atoms with Gasteiger partial charge in [0.1, 0.15) is 0 Å².